The van der Waals surface area contributed by atoms with Gasteiger partial charge in [-0.2, -0.15) is 0 Å². The number of benzene rings is 1. The average molecular weight is 434 g/mol. The summed E-state index contributed by atoms with van der Waals surface area (Å²) in [5, 5.41) is 25.1. The number of carbonyl (C=O) groups excluding carboxylic acids is 2. The number of unbranched alkanes of at least 4 members (excludes halogenated alkanes) is 1. The van der Waals surface area contributed by atoms with Gasteiger partial charge in [0.25, 0.3) is 0 Å². The van der Waals surface area contributed by atoms with Crippen molar-refractivity contribution in [3.05, 3.63) is 36.0 Å². The predicted molar refractivity (Wildman–Crippen MR) is 116 cm³/mol. The van der Waals surface area contributed by atoms with Crippen molar-refractivity contribution < 1.29 is 24.6 Å². The van der Waals surface area contributed by atoms with Crippen molar-refractivity contribution in [1.82, 2.24) is 15.6 Å². The molecule has 4 atom stereocenters. The van der Waals surface area contributed by atoms with Gasteiger partial charge < -0.3 is 37.3 Å². The third-order valence-corrected chi connectivity index (χ3v) is 5.08. The van der Waals surface area contributed by atoms with Gasteiger partial charge in [0.15, 0.2) is 0 Å². The number of fused-ring (bicyclic) bond motifs is 1. The summed E-state index contributed by atoms with van der Waals surface area (Å²) in [6.45, 7) is 1.75. The quantitative estimate of drug-likeness (QED) is 0.222. The van der Waals surface area contributed by atoms with Crippen LogP contribution >= 0.6 is 0 Å². The molecule has 10 nitrogen and oxygen atoms in total. The van der Waals surface area contributed by atoms with Crippen LogP contribution < -0.4 is 22.1 Å². The fourth-order valence-corrected chi connectivity index (χ4v) is 3.31. The molecule has 0 aliphatic carbocycles. The number of aromatic amines is 1. The van der Waals surface area contributed by atoms with Crippen LogP contribution in [-0.4, -0.2) is 63.8 Å². The van der Waals surface area contributed by atoms with Crippen LogP contribution in [0.25, 0.3) is 10.9 Å². The summed E-state index contributed by atoms with van der Waals surface area (Å²) >= 11 is 0. The predicted octanol–water partition coefficient (Wildman–Crippen LogP) is -0.398. The van der Waals surface area contributed by atoms with Gasteiger partial charge in [-0.15, -0.1) is 0 Å². The number of aromatic nitrogens is 1. The highest BCUT2D eigenvalue weighted by molar-refractivity contribution is 5.92. The highest BCUT2D eigenvalue weighted by atomic mass is 16.4. The van der Waals surface area contributed by atoms with E-state index in [-0.39, 0.29) is 12.8 Å². The third kappa shape index (κ3) is 6.78. The number of H-pyrrole nitrogens is 1. The number of carboxylic acids is 1. The van der Waals surface area contributed by atoms with E-state index in [1.54, 1.807) is 6.20 Å². The SMILES string of the molecule is C[C@@H](O)[C@H](NC(=O)[C@@H](N)Cc1c[nH]c2ccccc12)C(=O)N[C@@H](CCCCN)C(=O)O. The number of nitrogens with two attached hydrogens (primary N) is 2. The van der Waals surface area contributed by atoms with Gasteiger partial charge in [0.1, 0.15) is 12.1 Å². The highest BCUT2D eigenvalue weighted by Crippen LogP contribution is 2.18. The molecule has 0 aliphatic heterocycles. The van der Waals surface area contributed by atoms with Gasteiger partial charge in [-0.3, -0.25) is 9.59 Å². The monoisotopic (exact) mass is 433 g/mol. The van der Waals surface area contributed by atoms with E-state index in [9.17, 15) is 24.6 Å². The molecule has 0 aliphatic rings. The molecule has 0 radical (unpaired) electrons. The lowest BCUT2D eigenvalue weighted by atomic mass is 10.0. The summed E-state index contributed by atoms with van der Waals surface area (Å²) in [6.07, 6.45) is 2.09. The molecule has 0 saturated heterocycles. The van der Waals surface area contributed by atoms with Crippen LogP contribution in [0, 0.1) is 0 Å². The zero-order valence-electron chi connectivity index (χ0n) is 17.5. The first-order valence-electron chi connectivity index (χ1n) is 10.3. The number of amides is 2. The first kappa shape index (κ1) is 24.3. The van der Waals surface area contributed by atoms with E-state index in [4.69, 9.17) is 11.5 Å². The van der Waals surface area contributed by atoms with Gasteiger partial charge in [-0.05, 0) is 50.8 Å². The molecule has 9 N–H and O–H groups in total. The summed E-state index contributed by atoms with van der Waals surface area (Å²) in [6, 6.07) is 4.15. The van der Waals surface area contributed by atoms with Crippen LogP contribution in [0.5, 0.6) is 0 Å². The fourth-order valence-electron chi connectivity index (χ4n) is 3.31. The molecule has 0 fully saturated rings. The molecular formula is C21H31N5O5. The Bertz CT molecular complexity index is 897. The lowest BCUT2D eigenvalue weighted by Crippen LogP contribution is -2.58. The molecule has 0 spiro atoms. The Hall–Kier alpha value is -2.95. The van der Waals surface area contributed by atoms with Crippen molar-refractivity contribution in [1.29, 1.82) is 0 Å². The number of aliphatic hydroxyl groups excluding tert-OH is 1. The van der Waals surface area contributed by atoms with Crippen LogP contribution in [0.1, 0.15) is 31.7 Å². The average Bonchev–Trinajstić information content (AvgIpc) is 3.13. The number of carboxylic acid groups (broad SMARTS) is 1. The first-order chi connectivity index (χ1) is 14.7. The lowest BCUT2D eigenvalue weighted by molar-refractivity contribution is -0.143. The number of rotatable bonds is 12. The zero-order valence-corrected chi connectivity index (χ0v) is 17.5. The zero-order chi connectivity index (χ0) is 23.0. The van der Waals surface area contributed by atoms with Gasteiger partial charge in [0.2, 0.25) is 11.8 Å². The van der Waals surface area contributed by atoms with Gasteiger partial charge in [0.05, 0.1) is 12.1 Å². The van der Waals surface area contributed by atoms with E-state index in [1.165, 1.54) is 6.92 Å². The summed E-state index contributed by atoms with van der Waals surface area (Å²) < 4.78 is 0. The second-order valence-electron chi connectivity index (χ2n) is 7.58. The number of hydrogen-bond acceptors (Lipinski definition) is 6. The minimum Gasteiger partial charge on any atom is -0.480 e. The number of aliphatic carboxylic acids is 1. The minimum absolute atomic E-state index is 0.193. The van der Waals surface area contributed by atoms with Crippen LogP contribution in [-0.2, 0) is 20.8 Å². The molecule has 170 valence electrons. The molecular weight excluding hydrogens is 402 g/mol. The number of nitrogens with one attached hydrogen (secondary N) is 3. The van der Waals surface area contributed by atoms with Crippen molar-refractivity contribution in [3.63, 3.8) is 0 Å². The van der Waals surface area contributed by atoms with Crippen LogP contribution in [0.3, 0.4) is 0 Å². The third-order valence-electron chi connectivity index (χ3n) is 5.08. The maximum absolute atomic E-state index is 12.6. The van der Waals surface area contributed by atoms with Crippen LogP contribution in [0.2, 0.25) is 0 Å². The van der Waals surface area contributed by atoms with E-state index < -0.39 is 42.0 Å². The molecule has 0 bridgehead atoms. The molecule has 2 rings (SSSR count). The Morgan fingerprint density at radius 3 is 2.48 bits per heavy atom. The van der Waals surface area contributed by atoms with Gasteiger partial charge >= 0.3 is 5.97 Å². The largest absolute Gasteiger partial charge is 0.480 e. The first-order valence-corrected chi connectivity index (χ1v) is 10.3. The Morgan fingerprint density at radius 1 is 1.13 bits per heavy atom. The number of hydrogen-bond donors (Lipinski definition) is 7. The minimum atomic E-state index is -1.34. The maximum atomic E-state index is 12.6. The molecule has 0 unspecified atom stereocenters. The summed E-state index contributed by atoms with van der Waals surface area (Å²) in [5.41, 5.74) is 13.2. The van der Waals surface area contributed by atoms with E-state index in [2.05, 4.69) is 15.6 Å². The van der Waals surface area contributed by atoms with Crippen LogP contribution in [0.4, 0.5) is 0 Å². The van der Waals surface area contributed by atoms with E-state index in [0.29, 0.717) is 19.4 Å². The van der Waals surface area contributed by atoms with Crippen molar-refractivity contribution >= 4 is 28.7 Å². The normalized spacial score (nSPS) is 15.1. The summed E-state index contributed by atoms with van der Waals surface area (Å²) in [4.78, 5) is 39.7. The van der Waals surface area contributed by atoms with E-state index in [1.807, 2.05) is 24.3 Å². The second-order valence-corrected chi connectivity index (χ2v) is 7.58. The van der Waals surface area contributed by atoms with Gasteiger partial charge in [-0.1, -0.05) is 18.2 Å². The number of para-hydroxylation sites is 1. The van der Waals surface area contributed by atoms with Crippen molar-refractivity contribution in [2.24, 2.45) is 11.5 Å². The fraction of sp³-hybridized carbons (Fsp3) is 0.476. The Balaban J connectivity index is 2.01. The van der Waals surface area contributed by atoms with Crippen molar-refractivity contribution in [3.8, 4) is 0 Å². The number of aliphatic hydroxyl groups is 1. The maximum Gasteiger partial charge on any atom is 0.326 e. The molecule has 2 amide bonds. The Kier molecular flexibility index (Phi) is 8.98. The molecule has 2 aromatic rings. The topological polar surface area (TPSA) is 184 Å². The molecule has 0 saturated carbocycles. The van der Waals surface area contributed by atoms with E-state index in [0.717, 1.165) is 16.5 Å². The molecule has 1 heterocycles. The van der Waals surface area contributed by atoms with Gasteiger partial charge in [0, 0.05) is 17.1 Å². The molecule has 1 aromatic carbocycles. The molecule has 1 aromatic heterocycles. The standard InChI is InChI=1S/C21H31N5O5/c1-12(27)18(20(29)25-17(21(30)31)8-4-5-9-22)26-19(28)15(23)10-13-11-24-16-7-3-2-6-14(13)16/h2-3,6-7,11-12,15,17-18,24,27H,4-5,8-10,22-23H2,1H3,(H,25,29)(H,26,28)(H,30,31)/t12-,15+,17+,18+/m1/s1. The highest BCUT2D eigenvalue weighted by Gasteiger charge is 2.31. The summed E-state index contributed by atoms with van der Waals surface area (Å²) in [5.74, 6) is -2.61. The van der Waals surface area contributed by atoms with Crippen molar-refractivity contribution in [2.75, 3.05) is 6.54 Å². The second kappa shape index (κ2) is 11.4. The Morgan fingerprint density at radius 2 is 1.84 bits per heavy atom. The van der Waals surface area contributed by atoms with Crippen LogP contribution in [0.15, 0.2) is 30.5 Å². The summed E-state index contributed by atoms with van der Waals surface area (Å²) in [7, 11) is 0. The van der Waals surface area contributed by atoms with Crippen molar-refractivity contribution in [2.45, 2.75) is 56.8 Å². The Labute approximate surface area is 180 Å². The molecule has 31 heavy (non-hydrogen) atoms. The van der Waals surface area contributed by atoms with E-state index >= 15 is 0 Å². The lowest BCUT2D eigenvalue weighted by Gasteiger charge is -2.24. The smallest absolute Gasteiger partial charge is 0.326 e. The van der Waals surface area contributed by atoms with Gasteiger partial charge in [-0.25, -0.2) is 4.79 Å². The number of carbonyl (C=O) groups is 3. The molecule has 10 heteroatoms.